The Balaban J connectivity index is 1.51. The molecule has 0 aliphatic carbocycles. The number of rotatable bonds is 7. The van der Waals surface area contributed by atoms with E-state index in [0.29, 0.717) is 6.42 Å². The highest BCUT2D eigenvalue weighted by atomic mass is 35.5. The number of hydrogen-bond acceptors (Lipinski definition) is 4. The Bertz CT molecular complexity index is 761. The van der Waals surface area contributed by atoms with Crippen LogP contribution in [0.2, 0.25) is 5.02 Å². The molecule has 0 spiro atoms. The van der Waals surface area contributed by atoms with E-state index in [1.54, 1.807) is 11.8 Å². The van der Waals surface area contributed by atoms with Crippen molar-refractivity contribution >= 4 is 46.7 Å². The maximum Gasteiger partial charge on any atom is 0.225 e. The molecule has 27 heavy (non-hydrogen) atoms. The highest BCUT2D eigenvalue weighted by Crippen LogP contribution is 2.23. The van der Waals surface area contributed by atoms with Crippen molar-refractivity contribution in [2.24, 2.45) is 0 Å². The molecule has 0 unspecified atom stereocenters. The van der Waals surface area contributed by atoms with Gasteiger partial charge in [-0.1, -0.05) is 23.7 Å². The SMILES string of the molecule is Cc1c(CN2CCSCC2)cccc1NC(=O)CCSc1ccc(Cl)cc1. The van der Waals surface area contributed by atoms with Gasteiger partial charge in [-0.2, -0.15) is 11.8 Å². The van der Waals surface area contributed by atoms with Crippen molar-refractivity contribution in [2.75, 3.05) is 35.7 Å². The van der Waals surface area contributed by atoms with Crippen LogP contribution in [0.15, 0.2) is 47.4 Å². The van der Waals surface area contributed by atoms with Gasteiger partial charge in [0.1, 0.15) is 0 Å². The number of hydrogen-bond donors (Lipinski definition) is 1. The molecule has 1 fully saturated rings. The van der Waals surface area contributed by atoms with Crippen molar-refractivity contribution in [3.8, 4) is 0 Å². The smallest absolute Gasteiger partial charge is 0.225 e. The molecular weight excluding hydrogens is 396 g/mol. The van der Waals surface area contributed by atoms with Crippen LogP contribution >= 0.6 is 35.1 Å². The normalized spacial score (nSPS) is 14.9. The van der Waals surface area contributed by atoms with Gasteiger partial charge < -0.3 is 5.32 Å². The molecule has 3 rings (SSSR count). The van der Waals surface area contributed by atoms with Crippen molar-refractivity contribution in [3.63, 3.8) is 0 Å². The monoisotopic (exact) mass is 420 g/mol. The van der Waals surface area contributed by atoms with Gasteiger partial charge in [0.15, 0.2) is 0 Å². The lowest BCUT2D eigenvalue weighted by Crippen LogP contribution is -2.32. The number of thioether (sulfide) groups is 2. The minimum absolute atomic E-state index is 0.0612. The van der Waals surface area contributed by atoms with Gasteiger partial charge in [-0.3, -0.25) is 9.69 Å². The molecule has 1 heterocycles. The summed E-state index contributed by atoms with van der Waals surface area (Å²) in [6.07, 6.45) is 0.486. The molecule has 0 saturated carbocycles. The van der Waals surface area contributed by atoms with Gasteiger partial charge in [-0.05, 0) is 48.4 Å². The Labute approximate surface area is 175 Å². The lowest BCUT2D eigenvalue weighted by atomic mass is 10.1. The number of amides is 1. The third kappa shape index (κ3) is 6.46. The van der Waals surface area contributed by atoms with Crippen LogP contribution < -0.4 is 5.32 Å². The van der Waals surface area contributed by atoms with Crippen molar-refractivity contribution in [3.05, 3.63) is 58.6 Å². The molecule has 0 radical (unpaired) electrons. The first-order valence-corrected chi connectivity index (χ1v) is 11.7. The van der Waals surface area contributed by atoms with E-state index in [2.05, 4.69) is 23.2 Å². The van der Waals surface area contributed by atoms with Gasteiger partial charge in [0.05, 0.1) is 0 Å². The van der Waals surface area contributed by atoms with Gasteiger partial charge in [-0.15, -0.1) is 11.8 Å². The zero-order chi connectivity index (χ0) is 19.1. The van der Waals surface area contributed by atoms with Gasteiger partial charge in [0.25, 0.3) is 0 Å². The van der Waals surface area contributed by atoms with Crippen LogP contribution in [0.4, 0.5) is 5.69 Å². The summed E-state index contributed by atoms with van der Waals surface area (Å²) < 4.78 is 0. The molecule has 0 bridgehead atoms. The molecule has 1 saturated heterocycles. The topological polar surface area (TPSA) is 32.3 Å². The van der Waals surface area contributed by atoms with E-state index in [1.165, 1.54) is 22.6 Å². The maximum atomic E-state index is 12.4. The van der Waals surface area contributed by atoms with Crippen LogP contribution in [0.1, 0.15) is 17.5 Å². The van der Waals surface area contributed by atoms with Crippen LogP contribution in [-0.2, 0) is 11.3 Å². The molecule has 6 heteroatoms. The van der Waals surface area contributed by atoms with E-state index < -0.39 is 0 Å². The Kier molecular flexibility index (Phi) is 7.94. The molecule has 1 N–H and O–H groups in total. The fourth-order valence-electron chi connectivity index (χ4n) is 3.00. The summed E-state index contributed by atoms with van der Waals surface area (Å²) in [5.74, 6) is 3.23. The summed E-state index contributed by atoms with van der Waals surface area (Å²) in [4.78, 5) is 16.0. The highest BCUT2D eigenvalue weighted by Gasteiger charge is 2.14. The van der Waals surface area contributed by atoms with Crippen LogP contribution in [0, 0.1) is 6.92 Å². The molecule has 0 aromatic heterocycles. The largest absolute Gasteiger partial charge is 0.326 e. The summed E-state index contributed by atoms with van der Waals surface area (Å²) >= 11 is 9.59. The predicted molar refractivity (Wildman–Crippen MR) is 119 cm³/mol. The molecule has 2 aromatic carbocycles. The third-order valence-corrected chi connectivity index (χ3v) is 6.84. The van der Waals surface area contributed by atoms with Crippen molar-refractivity contribution in [1.82, 2.24) is 4.90 Å². The highest BCUT2D eigenvalue weighted by molar-refractivity contribution is 7.99. The molecule has 3 nitrogen and oxygen atoms in total. The molecule has 1 aliphatic rings. The number of carbonyl (C=O) groups is 1. The Morgan fingerprint density at radius 3 is 2.67 bits per heavy atom. The average molecular weight is 421 g/mol. The number of benzene rings is 2. The fraction of sp³-hybridized carbons (Fsp3) is 0.381. The number of carbonyl (C=O) groups excluding carboxylic acids is 1. The lowest BCUT2D eigenvalue weighted by Gasteiger charge is -2.27. The maximum absolute atomic E-state index is 12.4. The predicted octanol–water partition coefficient (Wildman–Crippen LogP) is 5.32. The zero-order valence-corrected chi connectivity index (χ0v) is 17.9. The van der Waals surface area contributed by atoms with E-state index >= 15 is 0 Å². The number of nitrogens with one attached hydrogen (secondary N) is 1. The molecule has 1 amide bonds. The van der Waals surface area contributed by atoms with Crippen LogP contribution in [0.25, 0.3) is 0 Å². The van der Waals surface area contributed by atoms with Crippen LogP contribution in [0.5, 0.6) is 0 Å². The summed E-state index contributed by atoms with van der Waals surface area (Å²) in [6, 6.07) is 13.9. The van der Waals surface area contributed by atoms with Crippen molar-refractivity contribution < 1.29 is 4.79 Å². The second-order valence-corrected chi connectivity index (χ2v) is 9.41. The van der Waals surface area contributed by atoms with Gasteiger partial charge in [0, 0.05) is 58.9 Å². The molecule has 2 aromatic rings. The Hall–Kier alpha value is -1.14. The van der Waals surface area contributed by atoms with Gasteiger partial charge in [0.2, 0.25) is 5.91 Å². The van der Waals surface area contributed by atoms with Gasteiger partial charge in [-0.25, -0.2) is 0 Å². The third-order valence-electron chi connectivity index (χ3n) is 4.63. The average Bonchev–Trinajstić information content (AvgIpc) is 2.67. The standard InChI is InChI=1S/C21H25ClN2OS2/c1-16-17(15-24-10-13-26-14-11-24)3-2-4-20(16)23-21(25)9-12-27-19-7-5-18(22)6-8-19/h2-8H,9-15H2,1H3,(H,23,25). The second-order valence-electron chi connectivity index (χ2n) is 6.58. The van der Waals surface area contributed by atoms with E-state index in [0.717, 1.165) is 41.0 Å². The van der Waals surface area contributed by atoms with Crippen LogP contribution in [-0.4, -0.2) is 41.2 Å². The minimum Gasteiger partial charge on any atom is -0.326 e. The van der Waals surface area contributed by atoms with E-state index in [-0.39, 0.29) is 5.91 Å². The molecule has 144 valence electrons. The van der Waals surface area contributed by atoms with Crippen molar-refractivity contribution in [2.45, 2.75) is 24.8 Å². The van der Waals surface area contributed by atoms with E-state index in [4.69, 9.17) is 11.6 Å². The lowest BCUT2D eigenvalue weighted by molar-refractivity contribution is -0.115. The summed E-state index contributed by atoms with van der Waals surface area (Å²) in [5.41, 5.74) is 3.41. The molecule has 1 aliphatic heterocycles. The summed E-state index contributed by atoms with van der Waals surface area (Å²) in [5, 5.41) is 3.82. The zero-order valence-electron chi connectivity index (χ0n) is 15.5. The number of nitrogens with zero attached hydrogens (tertiary/aromatic N) is 1. The second kappa shape index (κ2) is 10.4. The minimum atomic E-state index is 0.0612. The Morgan fingerprint density at radius 2 is 1.93 bits per heavy atom. The quantitative estimate of drug-likeness (QED) is 0.614. The molecular formula is C21H25ClN2OS2. The number of halogens is 1. The molecule has 0 atom stereocenters. The first-order valence-electron chi connectivity index (χ1n) is 9.18. The first kappa shape index (κ1) is 20.6. The summed E-state index contributed by atoms with van der Waals surface area (Å²) in [6.45, 7) is 5.35. The fourth-order valence-corrected chi connectivity index (χ4v) is 4.95. The first-order chi connectivity index (χ1) is 13.1. The van der Waals surface area contributed by atoms with Gasteiger partial charge >= 0.3 is 0 Å². The number of anilines is 1. The summed E-state index contributed by atoms with van der Waals surface area (Å²) in [7, 11) is 0. The van der Waals surface area contributed by atoms with Crippen LogP contribution in [0.3, 0.4) is 0 Å². The Morgan fingerprint density at radius 1 is 1.19 bits per heavy atom. The van der Waals surface area contributed by atoms with E-state index in [9.17, 15) is 4.79 Å². The van der Waals surface area contributed by atoms with Crippen molar-refractivity contribution in [1.29, 1.82) is 0 Å². The van der Waals surface area contributed by atoms with E-state index in [1.807, 2.05) is 48.2 Å².